The van der Waals surface area contributed by atoms with E-state index in [2.05, 4.69) is 43.2 Å². The lowest BCUT2D eigenvalue weighted by atomic mass is 10.3. The molecule has 1 aromatic heterocycles. The first kappa shape index (κ1) is 23.6. The van der Waals surface area contributed by atoms with E-state index in [1.54, 1.807) is 0 Å². The highest BCUT2D eigenvalue weighted by Gasteiger charge is 2.22. The number of guanidine groups is 1. The van der Waals surface area contributed by atoms with Crippen LogP contribution in [0.5, 0.6) is 0 Å². The van der Waals surface area contributed by atoms with Gasteiger partial charge in [-0.1, -0.05) is 6.92 Å². The lowest BCUT2D eigenvalue weighted by Gasteiger charge is -2.36. The van der Waals surface area contributed by atoms with Crippen LogP contribution in [-0.4, -0.2) is 84.0 Å². The molecule has 2 fully saturated rings. The molecule has 2 saturated heterocycles. The fourth-order valence-corrected chi connectivity index (χ4v) is 4.49. The van der Waals surface area contributed by atoms with E-state index in [1.165, 1.54) is 56.9 Å². The zero-order valence-corrected chi connectivity index (χ0v) is 20.5. The second-order valence-corrected chi connectivity index (χ2v) is 8.04. The highest BCUT2D eigenvalue weighted by atomic mass is 127. The summed E-state index contributed by atoms with van der Waals surface area (Å²) in [5.74, 6) is 2.03. The summed E-state index contributed by atoms with van der Waals surface area (Å²) in [5, 5.41) is 4.54. The smallest absolute Gasteiger partial charge is 0.205 e. The van der Waals surface area contributed by atoms with Crippen molar-refractivity contribution in [2.24, 2.45) is 4.99 Å². The monoisotopic (exact) mass is 521 g/mol. The molecule has 1 N–H and O–H groups in total. The first-order valence-corrected chi connectivity index (χ1v) is 11.4. The van der Waals surface area contributed by atoms with Crippen LogP contribution in [0.1, 0.15) is 45.4 Å². The van der Waals surface area contributed by atoms with Crippen molar-refractivity contribution < 1.29 is 0 Å². The van der Waals surface area contributed by atoms with Gasteiger partial charge in [0, 0.05) is 57.2 Å². The molecule has 0 amide bonds. The topological polar surface area (TPSA) is 59.9 Å². The Balaban J connectivity index is 0.00000280. The molecule has 1 aromatic rings. The number of aliphatic imine (C=N–C) groups is 1. The summed E-state index contributed by atoms with van der Waals surface area (Å²) in [5.41, 5.74) is 0. The minimum atomic E-state index is 0. The third kappa shape index (κ3) is 6.98. The summed E-state index contributed by atoms with van der Waals surface area (Å²) in [7, 11) is 0. The minimum Gasteiger partial charge on any atom is -0.357 e. The molecule has 0 radical (unpaired) electrons. The summed E-state index contributed by atoms with van der Waals surface area (Å²) >= 11 is 1.53. The summed E-state index contributed by atoms with van der Waals surface area (Å²) in [6.07, 6.45) is 6.10. The molecule has 0 spiro atoms. The SMILES string of the molecule is CCNC(=NCCCCN1CCCC1)N1CCN(c2nc(CC)ns2)CC1.I. The number of aromatic nitrogens is 2. The van der Waals surface area contributed by atoms with E-state index < -0.39 is 0 Å². The molecule has 2 aliphatic heterocycles. The number of hydrogen-bond acceptors (Lipinski definition) is 6. The second kappa shape index (κ2) is 12.8. The fraction of sp³-hybridized carbons (Fsp3) is 0.842. The van der Waals surface area contributed by atoms with Gasteiger partial charge in [0.1, 0.15) is 5.82 Å². The molecular formula is C19H36IN7S. The summed E-state index contributed by atoms with van der Waals surface area (Å²) in [4.78, 5) is 16.8. The quantitative estimate of drug-likeness (QED) is 0.246. The third-order valence-electron chi connectivity index (χ3n) is 5.30. The van der Waals surface area contributed by atoms with Crippen LogP contribution in [0.15, 0.2) is 4.99 Å². The maximum absolute atomic E-state index is 4.89. The standard InChI is InChI=1S/C19H35N7S.HI/c1-3-17-22-19(27-23-17)26-15-13-25(14-16-26)18(20-4-2)21-9-5-6-10-24-11-7-8-12-24;/h3-16H2,1-2H3,(H,20,21);1H. The number of nitrogens with one attached hydrogen (secondary N) is 1. The molecule has 3 rings (SSSR count). The van der Waals surface area contributed by atoms with Crippen LogP contribution in [-0.2, 0) is 6.42 Å². The molecule has 0 atom stereocenters. The van der Waals surface area contributed by atoms with E-state index in [-0.39, 0.29) is 24.0 Å². The van der Waals surface area contributed by atoms with Crippen molar-refractivity contribution in [3.8, 4) is 0 Å². The van der Waals surface area contributed by atoms with E-state index >= 15 is 0 Å². The maximum atomic E-state index is 4.89. The van der Waals surface area contributed by atoms with Gasteiger partial charge in [-0.15, -0.1) is 24.0 Å². The number of likely N-dealkylation sites (tertiary alicyclic amines) is 1. The Hall–Kier alpha value is -0.680. The minimum absolute atomic E-state index is 0. The Bertz CT molecular complexity index is 581. The summed E-state index contributed by atoms with van der Waals surface area (Å²) in [6.45, 7) is 13.9. The first-order valence-electron chi connectivity index (χ1n) is 10.6. The number of piperazine rings is 1. The molecule has 0 bridgehead atoms. The Morgan fingerprint density at radius 2 is 1.82 bits per heavy atom. The van der Waals surface area contributed by atoms with Gasteiger partial charge in [-0.2, -0.15) is 4.37 Å². The summed E-state index contributed by atoms with van der Waals surface area (Å²) in [6, 6.07) is 0. The van der Waals surface area contributed by atoms with Crippen LogP contribution in [0.3, 0.4) is 0 Å². The molecule has 0 aliphatic carbocycles. The van der Waals surface area contributed by atoms with Crippen LogP contribution in [0.2, 0.25) is 0 Å². The van der Waals surface area contributed by atoms with E-state index in [0.717, 1.165) is 62.6 Å². The molecule has 28 heavy (non-hydrogen) atoms. The predicted molar refractivity (Wildman–Crippen MR) is 129 cm³/mol. The highest BCUT2D eigenvalue weighted by Crippen LogP contribution is 2.19. The van der Waals surface area contributed by atoms with E-state index in [9.17, 15) is 0 Å². The number of aryl methyl sites for hydroxylation is 1. The van der Waals surface area contributed by atoms with Crippen molar-refractivity contribution in [3.63, 3.8) is 0 Å². The van der Waals surface area contributed by atoms with Gasteiger partial charge in [0.15, 0.2) is 5.96 Å². The van der Waals surface area contributed by atoms with E-state index in [1.807, 2.05) is 0 Å². The van der Waals surface area contributed by atoms with Crippen LogP contribution < -0.4 is 10.2 Å². The van der Waals surface area contributed by atoms with Gasteiger partial charge < -0.3 is 20.0 Å². The van der Waals surface area contributed by atoms with Gasteiger partial charge in [-0.05, 0) is 52.2 Å². The van der Waals surface area contributed by atoms with Crippen molar-refractivity contribution in [1.29, 1.82) is 0 Å². The molecule has 0 unspecified atom stereocenters. The third-order valence-corrected chi connectivity index (χ3v) is 6.12. The molecular weight excluding hydrogens is 485 g/mol. The average Bonchev–Trinajstić information content (AvgIpc) is 3.39. The van der Waals surface area contributed by atoms with Gasteiger partial charge in [0.2, 0.25) is 5.13 Å². The predicted octanol–water partition coefficient (Wildman–Crippen LogP) is 2.68. The normalized spacial score (nSPS) is 18.4. The molecule has 9 heteroatoms. The largest absolute Gasteiger partial charge is 0.357 e. The second-order valence-electron chi connectivity index (χ2n) is 7.31. The Morgan fingerprint density at radius 3 is 2.46 bits per heavy atom. The molecule has 2 aliphatic rings. The number of unbranched alkanes of at least 4 members (excludes halogenated alkanes) is 1. The zero-order valence-electron chi connectivity index (χ0n) is 17.4. The highest BCUT2D eigenvalue weighted by molar-refractivity contribution is 14.0. The van der Waals surface area contributed by atoms with Gasteiger partial charge in [-0.3, -0.25) is 4.99 Å². The fourth-order valence-electron chi connectivity index (χ4n) is 3.69. The molecule has 3 heterocycles. The number of nitrogens with zero attached hydrogens (tertiary/aromatic N) is 6. The number of rotatable bonds is 8. The Kier molecular flexibility index (Phi) is 10.8. The van der Waals surface area contributed by atoms with Crippen LogP contribution in [0.4, 0.5) is 5.13 Å². The van der Waals surface area contributed by atoms with Gasteiger partial charge in [-0.25, -0.2) is 4.98 Å². The Labute approximate surface area is 191 Å². The van der Waals surface area contributed by atoms with E-state index in [4.69, 9.17) is 4.99 Å². The average molecular weight is 522 g/mol. The number of hydrogen-bond donors (Lipinski definition) is 1. The van der Waals surface area contributed by atoms with Crippen molar-refractivity contribution in [2.45, 2.75) is 46.0 Å². The van der Waals surface area contributed by atoms with Crippen molar-refractivity contribution in [3.05, 3.63) is 5.82 Å². The van der Waals surface area contributed by atoms with Gasteiger partial charge in [0.25, 0.3) is 0 Å². The van der Waals surface area contributed by atoms with Crippen LogP contribution >= 0.6 is 35.5 Å². The van der Waals surface area contributed by atoms with Crippen molar-refractivity contribution >= 4 is 46.6 Å². The first-order chi connectivity index (χ1) is 13.3. The molecule has 0 aromatic carbocycles. The zero-order chi connectivity index (χ0) is 18.9. The molecule has 7 nitrogen and oxygen atoms in total. The number of anilines is 1. The lowest BCUT2D eigenvalue weighted by Crippen LogP contribution is -2.52. The van der Waals surface area contributed by atoms with Gasteiger partial charge in [0.05, 0.1) is 0 Å². The Morgan fingerprint density at radius 1 is 1.07 bits per heavy atom. The maximum Gasteiger partial charge on any atom is 0.205 e. The van der Waals surface area contributed by atoms with Gasteiger partial charge >= 0.3 is 0 Å². The summed E-state index contributed by atoms with van der Waals surface area (Å²) < 4.78 is 4.42. The van der Waals surface area contributed by atoms with E-state index in [0.29, 0.717) is 0 Å². The van der Waals surface area contributed by atoms with Crippen molar-refractivity contribution in [2.75, 3.05) is 63.8 Å². The molecule has 160 valence electrons. The number of halogens is 1. The van der Waals surface area contributed by atoms with Crippen LogP contribution in [0, 0.1) is 0 Å². The van der Waals surface area contributed by atoms with Crippen molar-refractivity contribution in [1.82, 2.24) is 24.5 Å². The molecule has 0 saturated carbocycles. The van der Waals surface area contributed by atoms with Crippen LogP contribution in [0.25, 0.3) is 0 Å². The lowest BCUT2D eigenvalue weighted by molar-refractivity contribution is 0.330.